The zero-order chi connectivity index (χ0) is 17.0. The van der Waals surface area contributed by atoms with Gasteiger partial charge >= 0.3 is 0 Å². The molecule has 2 rings (SSSR count). The first-order chi connectivity index (χ1) is 10.7. The maximum absolute atomic E-state index is 4.75. The molecule has 0 radical (unpaired) electrons. The number of aryl methyl sites for hydroxylation is 3. The topological polar surface area (TPSA) is 38.9 Å². The van der Waals surface area contributed by atoms with Crippen LogP contribution in [0.15, 0.2) is 35.4 Å². The van der Waals surface area contributed by atoms with Crippen molar-refractivity contribution in [2.24, 2.45) is 5.73 Å². The van der Waals surface area contributed by atoms with E-state index in [1.165, 1.54) is 42.4 Å². The Kier molecular flexibility index (Phi) is 11.4. The molecule has 2 nitrogen and oxygen atoms in total. The van der Waals surface area contributed by atoms with Crippen LogP contribution in [0, 0.1) is 6.92 Å². The van der Waals surface area contributed by atoms with E-state index in [2.05, 4.69) is 50.8 Å². The minimum atomic E-state index is 1.02. The van der Waals surface area contributed by atoms with Crippen molar-refractivity contribution in [3.8, 4) is 0 Å². The fraction of sp³-hybridized carbons (Fsp3) is 0.550. The molecule has 0 aromatic carbocycles. The number of nitrogens with zero attached hydrogens (tertiary/aromatic N) is 1. The van der Waals surface area contributed by atoms with Crippen LogP contribution in [0.5, 0.6) is 0 Å². The maximum Gasteiger partial charge on any atom is 0.0439 e. The molecule has 1 aliphatic rings. The van der Waals surface area contributed by atoms with Crippen LogP contribution < -0.4 is 5.73 Å². The quantitative estimate of drug-likeness (QED) is 0.835. The molecule has 0 aliphatic heterocycles. The Morgan fingerprint density at radius 2 is 1.77 bits per heavy atom. The van der Waals surface area contributed by atoms with Gasteiger partial charge in [-0.2, -0.15) is 0 Å². The standard InChI is InChI=1S/C17H23N.C2H6.CH5N/c1-4-16-11-9-14(3)17(18-16)12-10-15-8-6-5-7-13(15)2;2*1-2/h6,8-9,11H,4-5,7,10,12H2,1-3H3;1-2H3;2H2,1H3. The van der Waals surface area contributed by atoms with Gasteiger partial charge < -0.3 is 5.73 Å². The second kappa shape index (κ2) is 12.2. The van der Waals surface area contributed by atoms with Crippen molar-refractivity contribution in [3.63, 3.8) is 0 Å². The number of rotatable bonds is 4. The highest BCUT2D eigenvalue weighted by atomic mass is 14.7. The highest BCUT2D eigenvalue weighted by molar-refractivity contribution is 5.30. The molecule has 0 bridgehead atoms. The third-order valence-electron chi connectivity index (χ3n) is 3.81. The Morgan fingerprint density at radius 3 is 2.36 bits per heavy atom. The Balaban J connectivity index is 0.00000102. The lowest BCUT2D eigenvalue weighted by atomic mass is 9.94. The van der Waals surface area contributed by atoms with Crippen molar-refractivity contribution in [1.82, 2.24) is 4.98 Å². The van der Waals surface area contributed by atoms with Gasteiger partial charge in [0.05, 0.1) is 0 Å². The molecule has 2 heteroatoms. The van der Waals surface area contributed by atoms with Crippen LogP contribution in [-0.2, 0) is 12.8 Å². The molecule has 0 saturated carbocycles. The minimum Gasteiger partial charge on any atom is -0.333 e. The van der Waals surface area contributed by atoms with Crippen LogP contribution in [-0.4, -0.2) is 12.0 Å². The maximum atomic E-state index is 4.75. The van der Waals surface area contributed by atoms with E-state index in [-0.39, 0.29) is 0 Å². The molecule has 0 unspecified atom stereocenters. The first-order valence-electron chi connectivity index (χ1n) is 8.59. The molecule has 1 aliphatic carbocycles. The third-order valence-corrected chi connectivity index (χ3v) is 3.81. The lowest BCUT2D eigenvalue weighted by molar-refractivity contribution is 0.840. The Morgan fingerprint density at radius 1 is 1.09 bits per heavy atom. The molecular formula is C20H34N2. The van der Waals surface area contributed by atoms with Gasteiger partial charge in [0.25, 0.3) is 0 Å². The summed E-state index contributed by atoms with van der Waals surface area (Å²) in [4.78, 5) is 4.75. The van der Waals surface area contributed by atoms with E-state index in [0.717, 1.165) is 19.3 Å². The van der Waals surface area contributed by atoms with Crippen molar-refractivity contribution in [1.29, 1.82) is 0 Å². The van der Waals surface area contributed by atoms with Crippen LogP contribution in [0.3, 0.4) is 0 Å². The van der Waals surface area contributed by atoms with Gasteiger partial charge in [-0.25, -0.2) is 0 Å². The molecule has 1 heterocycles. The normalized spacial score (nSPS) is 13.0. The summed E-state index contributed by atoms with van der Waals surface area (Å²) in [5, 5.41) is 0. The summed E-state index contributed by atoms with van der Waals surface area (Å²) in [6, 6.07) is 4.35. The van der Waals surface area contributed by atoms with Crippen LogP contribution in [0.1, 0.15) is 63.9 Å². The summed E-state index contributed by atoms with van der Waals surface area (Å²) >= 11 is 0. The summed E-state index contributed by atoms with van der Waals surface area (Å²) in [5.74, 6) is 0. The zero-order valence-electron chi connectivity index (χ0n) is 15.4. The van der Waals surface area contributed by atoms with Crippen LogP contribution in [0.2, 0.25) is 0 Å². The van der Waals surface area contributed by atoms with E-state index in [4.69, 9.17) is 4.98 Å². The van der Waals surface area contributed by atoms with Crippen molar-refractivity contribution in [3.05, 3.63) is 52.4 Å². The van der Waals surface area contributed by atoms with E-state index in [1.54, 1.807) is 5.57 Å². The number of nitrogens with two attached hydrogens (primary N) is 1. The summed E-state index contributed by atoms with van der Waals surface area (Å²) in [6.07, 6.45) is 10.3. The van der Waals surface area contributed by atoms with Gasteiger partial charge in [0.2, 0.25) is 0 Å². The summed E-state index contributed by atoms with van der Waals surface area (Å²) in [6.45, 7) is 10.6. The van der Waals surface area contributed by atoms with Crippen molar-refractivity contribution >= 4 is 0 Å². The van der Waals surface area contributed by atoms with Gasteiger partial charge in [0.15, 0.2) is 0 Å². The van der Waals surface area contributed by atoms with E-state index < -0.39 is 0 Å². The predicted octanol–water partition coefficient (Wildman–Crippen LogP) is 5.15. The van der Waals surface area contributed by atoms with Crippen LogP contribution in [0.25, 0.3) is 0 Å². The number of aromatic nitrogens is 1. The molecule has 1 aromatic rings. The number of hydrogen-bond acceptors (Lipinski definition) is 2. The van der Waals surface area contributed by atoms with Crippen molar-refractivity contribution in [2.45, 2.75) is 66.7 Å². The molecule has 1 aromatic heterocycles. The predicted molar refractivity (Wildman–Crippen MR) is 99.2 cm³/mol. The largest absolute Gasteiger partial charge is 0.333 e. The van der Waals surface area contributed by atoms with E-state index >= 15 is 0 Å². The van der Waals surface area contributed by atoms with Gasteiger partial charge in [-0.15, -0.1) is 0 Å². The van der Waals surface area contributed by atoms with E-state index in [1.807, 2.05) is 13.8 Å². The Bertz CT molecular complexity index is 484. The lowest BCUT2D eigenvalue weighted by Gasteiger charge is -2.13. The van der Waals surface area contributed by atoms with E-state index in [0.29, 0.717) is 0 Å². The zero-order valence-corrected chi connectivity index (χ0v) is 15.4. The van der Waals surface area contributed by atoms with Crippen LogP contribution >= 0.6 is 0 Å². The average Bonchev–Trinajstić information content (AvgIpc) is 2.59. The van der Waals surface area contributed by atoms with Gasteiger partial charge in [-0.05, 0) is 70.2 Å². The first kappa shape index (κ1) is 20.6. The smallest absolute Gasteiger partial charge is 0.0439 e. The Labute approximate surface area is 137 Å². The second-order valence-electron chi connectivity index (χ2n) is 5.17. The second-order valence-corrected chi connectivity index (χ2v) is 5.17. The highest BCUT2D eigenvalue weighted by Gasteiger charge is 2.07. The SMILES string of the molecule is CC.CCc1ccc(C)c(CCC2=C(C)CCC=C2)n1.CN. The van der Waals surface area contributed by atoms with E-state index in [9.17, 15) is 0 Å². The summed E-state index contributed by atoms with van der Waals surface area (Å²) in [7, 11) is 1.50. The number of pyridine rings is 1. The molecule has 0 spiro atoms. The molecule has 0 fully saturated rings. The fourth-order valence-electron chi connectivity index (χ4n) is 2.44. The van der Waals surface area contributed by atoms with Crippen molar-refractivity contribution in [2.75, 3.05) is 7.05 Å². The summed E-state index contributed by atoms with van der Waals surface area (Å²) < 4.78 is 0. The van der Waals surface area contributed by atoms with Crippen LogP contribution in [0.4, 0.5) is 0 Å². The average molecular weight is 303 g/mol. The molecule has 124 valence electrons. The fourth-order valence-corrected chi connectivity index (χ4v) is 2.44. The molecule has 0 amide bonds. The first-order valence-corrected chi connectivity index (χ1v) is 8.59. The lowest BCUT2D eigenvalue weighted by Crippen LogP contribution is -2.00. The number of allylic oxidation sites excluding steroid dienone is 4. The number of hydrogen-bond donors (Lipinski definition) is 1. The minimum absolute atomic E-state index is 1.02. The third kappa shape index (κ3) is 6.57. The highest BCUT2D eigenvalue weighted by Crippen LogP contribution is 2.22. The summed E-state index contributed by atoms with van der Waals surface area (Å²) in [5.41, 5.74) is 11.4. The monoisotopic (exact) mass is 302 g/mol. The molecule has 0 atom stereocenters. The van der Waals surface area contributed by atoms with Gasteiger partial charge in [0, 0.05) is 11.4 Å². The Hall–Kier alpha value is -1.41. The molecule has 2 N–H and O–H groups in total. The molecule has 22 heavy (non-hydrogen) atoms. The molecular weight excluding hydrogens is 268 g/mol. The van der Waals surface area contributed by atoms with Crippen molar-refractivity contribution < 1.29 is 0 Å². The van der Waals surface area contributed by atoms with Gasteiger partial charge in [0.1, 0.15) is 0 Å². The van der Waals surface area contributed by atoms with Gasteiger partial charge in [-0.1, -0.05) is 44.6 Å². The molecule has 0 saturated heterocycles. The van der Waals surface area contributed by atoms with Gasteiger partial charge in [-0.3, -0.25) is 4.98 Å².